The molecule has 0 amide bonds. The first-order valence-electron chi connectivity index (χ1n) is 9.76. The molecule has 0 spiro atoms. The summed E-state index contributed by atoms with van der Waals surface area (Å²) in [6.07, 6.45) is 1.06. The van der Waals surface area contributed by atoms with Crippen LogP contribution in [0.15, 0.2) is 82.5 Å². The molecule has 164 valence electrons. The maximum atomic E-state index is 13.1. The molecule has 4 rings (SSSR count). The van der Waals surface area contributed by atoms with Crippen LogP contribution >= 0.6 is 34.8 Å². The summed E-state index contributed by atoms with van der Waals surface area (Å²) in [5.41, 5.74) is 0.971. The van der Waals surface area contributed by atoms with E-state index in [1.807, 2.05) is 30.3 Å². The van der Waals surface area contributed by atoms with Gasteiger partial charge in [0.2, 0.25) is 0 Å². The molecule has 9 heteroatoms. The van der Waals surface area contributed by atoms with E-state index < -0.39 is 17.2 Å². The van der Waals surface area contributed by atoms with Gasteiger partial charge in [-0.15, -0.1) is 0 Å². The molecule has 1 heterocycles. The minimum absolute atomic E-state index is 0.0909. The molecule has 33 heavy (non-hydrogen) atoms. The average Bonchev–Trinajstić information content (AvgIpc) is 2.80. The topological polar surface area (TPSA) is 80.7 Å². The van der Waals surface area contributed by atoms with Gasteiger partial charge in [0.25, 0.3) is 5.56 Å². The fourth-order valence-corrected chi connectivity index (χ4v) is 4.27. The molecule has 1 unspecified atom stereocenters. The van der Waals surface area contributed by atoms with Gasteiger partial charge in [0.05, 0.1) is 24.2 Å². The Morgan fingerprint density at radius 3 is 2.18 bits per heavy atom. The fourth-order valence-electron chi connectivity index (χ4n) is 3.45. The van der Waals surface area contributed by atoms with Gasteiger partial charge < -0.3 is 0 Å². The van der Waals surface area contributed by atoms with E-state index in [0.717, 1.165) is 21.0 Å². The van der Waals surface area contributed by atoms with Crippen molar-refractivity contribution in [2.45, 2.75) is 12.5 Å². The van der Waals surface area contributed by atoms with E-state index in [4.69, 9.17) is 34.8 Å². The Balaban J connectivity index is 1.78. The van der Waals surface area contributed by atoms with Crippen molar-refractivity contribution in [3.63, 3.8) is 0 Å². The minimum Gasteiger partial charge on any atom is -0.267 e. The standard InChI is InChI=1S/C24H15Cl3N4O2/c25-17-8-6-16(7-9-17)19(12-28)23-20(26)10-18(11-21(23)27)31-24(33)30(22(32)13-29-31)14-15-4-2-1-3-5-15/h1-11,13,19H,14H2. The number of hydrogen-bond acceptors (Lipinski definition) is 4. The van der Waals surface area contributed by atoms with Crippen LogP contribution in [-0.4, -0.2) is 14.3 Å². The van der Waals surface area contributed by atoms with E-state index in [1.165, 1.54) is 12.1 Å². The van der Waals surface area contributed by atoms with Crippen molar-refractivity contribution in [2.24, 2.45) is 0 Å². The Hall–Kier alpha value is -3.37. The lowest BCUT2D eigenvalue weighted by molar-refractivity contribution is 0.616. The van der Waals surface area contributed by atoms with Gasteiger partial charge in [-0.3, -0.25) is 9.36 Å². The summed E-state index contributed by atoms with van der Waals surface area (Å²) in [6, 6.07) is 21.1. The summed E-state index contributed by atoms with van der Waals surface area (Å²) < 4.78 is 2.12. The lowest BCUT2D eigenvalue weighted by Crippen LogP contribution is -2.40. The van der Waals surface area contributed by atoms with Crippen LogP contribution in [0.4, 0.5) is 0 Å². The largest absolute Gasteiger partial charge is 0.352 e. The van der Waals surface area contributed by atoms with Crippen molar-refractivity contribution in [3.05, 3.63) is 126 Å². The zero-order valence-electron chi connectivity index (χ0n) is 17.0. The van der Waals surface area contributed by atoms with Crippen molar-refractivity contribution in [1.29, 1.82) is 5.26 Å². The molecule has 4 aromatic rings. The SMILES string of the molecule is N#CC(c1ccc(Cl)cc1)c1c(Cl)cc(-n2ncc(=O)n(Cc3ccccc3)c2=O)cc1Cl. The van der Waals surface area contributed by atoms with Crippen LogP contribution in [0, 0.1) is 11.3 Å². The van der Waals surface area contributed by atoms with Crippen molar-refractivity contribution >= 4 is 34.8 Å². The highest BCUT2D eigenvalue weighted by Gasteiger charge is 2.22. The Morgan fingerprint density at radius 2 is 1.58 bits per heavy atom. The van der Waals surface area contributed by atoms with E-state index in [0.29, 0.717) is 16.1 Å². The molecular formula is C24H15Cl3N4O2. The Kier molecular flexibility index (Phi) is 6.66. The summed E-state index contributed by atoms with van der Waals surface area (Å²) in [5.74, 6) is -0.743. The number of benzene rings is 3. The molecule has 0 saturated carbocycles. The number of halogens is 3. The van der Waals surface area contributed by atoms with E-state index >= 15 is 0 Å². The molecule has 0 N–H and O–H groups in total. The van der Waals surface area contributed by atoms with Crippen molar-refractivity contribution in [3.8, 4) is 11.8 Å². The highest BCUT2D eigenvalue weighted by atomic mass is 35.5. The van der Waals surface area contributed by atoms with Crippen LogP contribution in [0.25, 0.3) is 5.69 Å². The van der Waals surface area contributed by atoms with Gasteiger partial charge in [-0.25, -0.2) is 4.79 Å². The number of rotatable bonds is 5. The highest BCUT2D eigenvalue weighted by Crippen LogP contribution is 2.37. The zero-order valence-corrected chi connectivity index (χ0v) is 19.2. The third-order valence-electron chi connectivity index (χ3n) is 5.07. The third-order valence-corrected chi connectivity index (χ3v) is 5.95. The fraction of sp³-hybridized carbons (Fsp3) is 0.0833. The quantitative estimate of drug-likeness (QED) is 0.386. The van der Waals surface area contributed by atoms with E-state index in [9.17, 15) is 14.9 Å². The first-order valence-corrected chi connectivity index (χ1v) is 10.9. The van der Waals surface area contributed by atoms with Gasteiger partial charge in [0.1, 0.15) is 6.20 Å². The molecule has 1 atom stereocenters. The monoisotopic (exact) mass is 496 g/mol. The van der Waals surface area contributed by atoms with Gasteiger partial charge in [-0.2, -0.15) is 15.0 Å². The summed E-state index contributed by atoms with van der Waals surface area (Å²) >= 11 is 19.0. The first kappa shape index (κ1) is 22.8. The van der Waals surface area contributed by atoms with Gasteiger partial charge in [-0.05, 0) is 35.4 Å². The molecule has 0 aliphatic rings. The number of aromatic nitrogens is 3. The molecular weight excluding hydrogens is 483 g/mol. The first-order chi connectivity index (χ1) is 15.9. The predicted octanol–water partition coefficient (Wildman–Crippen LogP) is 5.06. The van der Waals surface area contributed by atoms with E-state index in [-0.39, 0.29) is 22.3 Å². The van der Waals surface area contributed by atoms with Gasteiger partial charge in [0.15, 0.2) is 0 Å². The second-order valence-electron chi connectivity index (χ2n) is 7.19. The molecule has 0 fully saturated rings. The Labute approximate surface area is 203 Å². The normalized spacial score (nSPS) is 11.7. The third kappa shape index (κ3) is 4.71. The molecule has 0 bridgehead atoms. The highest BCUT2D eigenvalue weighted by molar-refractivity contribution is 6.36. The molecule has 3 aromatic carbocycles. The van der Waals surface area contributed by atoms with Crippen LogP contribution in [0.3, 0.4) is 0 Å². The molecule has 0 aliphatic carbocycles. The number of hydrogen-bond donors (Lipinski definition) is 0. The smallest absolute Gasteiger partial charge is 0.267 e. The zero-order chi connectivity index (χ0) is 23.5. The Morgan fingerprint density at radius 1 is 0.939 bits per heavy atom. The van der Waals surface area contributed by atoms with E-state index in [1.54, 1.807) is 24.3 Å². The average molecular weight is 498 g/mol. The van der Waals surface area contributed by atoms with Crippen LogP contribution in [-0.2, 0) is 6.54 Å². The van der Waals surface area contributed by atoms with Crippen LogP contribution in [0.1, 0.15) is 22.6 Å². The summed E-state index contributed by atoms with van der Waals surface area (Å²) in [6.45, 7) is 0.0909. The van der Waals surface area contributed by atoms with Crippen LogP contribution in [0.2, 0.25) is 15.1 Å². The summed E-state index contributed by atoms with van der Waals surface area (Å²) in [7, 11) is 0. The van der Waals surface area contributed by atoms with Crippen molar-refractivity contribution < 1.29 is 0 Å². The second kappa shape index (κ2) is 9.63. The van der Waals surface area contributed by atoms with E-state index in [2.05, 4.69) is 11.2 Å². The van der Waals surface area contributed by atoms with Crippen LogP contribution in [0.5, 0.6) is 0 Å². The lowest BCUT2D eigenvalue weighted by atomic mass is 9.92. The maximum absolute atomic E-state index is 13.1. The molecule has 0 radical (unpaired) electrons. The lowest BCUT2D eigenvalue weighted by Gasteiger charge is -2.16. The summed E-state index contributed by atoms with van der Waals surface area (Å²) in [5, 5.41) is 14.7. The number of nitriles is 1. The summed E-state index contributed by atoms with van der Waals surface area (Å²) in [4.78, 5) is 25.4. The van der Waals surface area contributed by atoms with Gasteiger partial charge in [0, 0.05) is 20.6 Å². The molecule has 0 aliphatic heterocycles. The van der Waals surface area contributed by atoms with Crippen molar-refractivity contribution in [2.75, 3.05) is 0 Å². The van der Waals surface area contributed by atoms with Crippen molar-refractivity contribution in [1.82, 2.24) is 14.3 Å². The molecule has 6 nitrogen and oxygen atoms in total. The van der Waals surface area contributed by atoms with Gasteiger partial charge in [-0.1, -0.05) is 77.3 Å². The van der Waals surface area contributed by atoms with Gasteiger partial charge >= 0.3 is 5.69 Å². The second-order valence-corrected chi connectivity index (χ2v) is 8.44. The molecule has 1 aromatic heterocycles. The number of nitrogens with zero attached hydrogens (tertiary/aromatic N) is 4. The Bertz CT molecular complexity index is 1450. The maximum Gasteiger partial charge on any atom is 0.352 e. The predicted molar refractivity (Wildman–Crippen MR) is 129 cm³/mol. The minimum atomic E-state index is -0.743. The molecule has 0 saturated heterocycles. The van der Waals surface area contributed by atoms with Crippen LogP contribution < -0.4 is 11.2 Å².